The van der Waals surface area contributed by atoms with Crippen molar-refractivity contribution >= 4 is 50.9 Å². The highest BCUT2D eigenvalue weighted by Gasteiger charge is 2.37. The van der Waals surface area contributed by atoms with Crippen molar-refractivity contribution in [3.8, 4) is 5.75 Å². The van der Waals surface area contributed by atoms with E-state index in [0.717, 1.165) is 21.1 Å². The predicted molar refractivity (Wildman–Crippen MR) is 108 cm³/mol. The SMILES string of the molecule is C=CCOc1ccc(Br)cc1/C=C1/SC(=O)N(CC(=O)O[C@@H](C)CC)C1=O. The molecule has 0 N–H and O–H groups in total. The largest absolute Gasteiger partial charge is 0.489 e. The smallest absolute Gasteiger partial charge is 0.326 e. The Morgan fingerprint density at radius 1 is 1.41 bits per heavy atom. The maximum Gasteiger partial charge on any atom is 0.326 e. The van der Waals surface area contributed by atoms with Crippen molar-refractivity contribution in [3.05, 3.63) is 45.8 Å². The Kier molecular flexibility index (Phi) is 7.67. The van der Waals surface area contributed by atoms with Crippen LogP contribution in [0.25, 0.3) is 6.08 Å². The summed E-state index contributed by atoms with van der Waals surface area (Å²) in [5.41, 5.74) is 0.638. The van der Waals surface area contributed by atoms with E-state index < -0.39 is 23.7 Å². The molecule has 6 nitrogen and oxygen atoms in total. The maximum atomic E-state index is 12.6. The number of nitrogens with zero attached hydrogens (tertiary/aromatic N) is 1. The molecule has 1 aliphatic heterocycles. The molecule has 1 aromatic rings. The van der Waals surface area contributed by atoms with Crippen LogP contribution in [-0.4, -0.2) is 41.3 Å². The van der Waals surface area contributed by atoms with Crippen molar-refractivity contribution in [1.29, 1.82) is 0 Å². The maximum absolute atomic E-state index is 12.6. The Morgan fingerprint density at radius 3 is 2.81 bits per heavy atom. The summed E-state index contributed by atoms with van der Waals surface area (Å²) in [6.07, 6.45) is 3.58. The molecule has 0 unspecified atom stereocenters. The van der Waals surface area contributed by atoms with Crippen LogP contribution in [0.2, 0.25) is 0 Å². The molecule has 8 heteroatoms. The third kappa shape index (κ3) is 5.71. The van der Waals surface area contributed by atoms with E-state index in [1.165, 1.54) is 0 Å². The lowest BCUT2D eigenvalue weighted by Gasteiger charge is -2.14. The van der Waals surface area contributed by atoms with E-state index in [1.807, 2.05) is 13.0 Å². The Morgan fingerprint density at radius 2 is 2.15 bits per heavy atom. The van der Waals surface area contributed by atoms with Gasteiger partial charge in [0.25, 0.3) is 11.1 Å². The van der Waals surface area contributed by atoms with Gasteiger partial charge in [0.15, 0.2) is 0 Å². The summed E-state index contributed by atoms with van der Waals surface area (Å²) in [5, 5.41) is -0.504. The average molecular weight is 454 g/mol. The number of esters is 1. The zero-order valence-electron chi connectivity index (χ0n) is 15.1. The molecule has 2 rings (SSSR count). The highest BCUT2D eigenvalue weighted by Crippen LogP contribution is 2.34. The zero-order chi connectivity index (χ0) is 20.0. The second-order valence-electron chi connectivity index (χ2n) is 5.76. The molecule has 1 aliphatic rings. The lowest BCUT2D eigenvalue weighted by molar-refractivity contribution is -0.150. The van der Waals surface area contributed by atoms with Crippen molar-refractivity contribution in [2.45, 2.75) is 26.4 Å². The summed E-state index contributed by atoms with van der Waals surface area (Å²) >= 11 is 4.16. The van der Waals surface area contributed by atoms with Gasteiger partial charge in [0.2, 0.25) is 0 Å². The standard InChI is InChI=1S/C19H20BrNO5S/c1-4-8-25-15-7-6-14(20)9-13(15)10-16-18(23)21(19(24)27-16)11-17(22)26-12(3)5-2/h4,6-7,9-10,12H,1,5,8,11H2,2-3H3/b16-10+/t12-/m0/s1. The van der Waals surface area contributed by atoms with E-state index in [0.29, 0.717) is 24.3 Å². The van der Waals surface area contributed by atoms with Crippen LogP contribution in [0.4, 0.5) is 4.79 Å². The van der Waals surface area contributed by atoms with Crippen LogP contribution >= 0.6 is 27.7 Å². The van der Waals surface area contributed by atoms with Crippen molar-refractivity contribution in [3.63, 3.8) is 0 Å². The number of hydrogen-bond donors (Lipinski definition) is 0. The van der Waals surface area contributed by atoms with Gasteiger partial charge in [-0.05, 0) is 49.4 Å². The van der Waals surface area contributed by atoms with Crippen LogP contribution in [0.1, 0.15) is 25.8 Å². The average Bonchev–Trinajstić information content (AvgIpc) is 2.88. The highest BCUT2D eigenvalue weighted by molar-refractivity contribution is 9.10. The summed E-state index contributed by atoms with van der Waals surface area (Å²) in [4.78, 5) is 37.7. The molecule has 0 spiro atoms. The van der Waals surface area contributed by atoms with Gasteiger partial charge in [-0.3, -0.25) is 19.3 Å². The Bertz CT molecular complexity index is 792. The lowest BCUT2D eigenvalue weighted by Crippen LogP contribution is -2.35. The van der Waals surface area contributed by atoms with E-state index in [4.69, 9.17) is 9.47 Å². The summed E-state index contributed by atoms with van der Waals surface area (Å²) in [6.45, 7) is 7.16. The molecule has 1 fully saturated rings. The number of hydrogen-bond acceptors (Lipinski definition) is 6. The summed E-state index contributed by atoms with van der Waals surface area (Å²) in [6, 6.07) is 5.35. The number of halogens is 1. The fraction of sp³-hybridized carbons (Fsp3) is 0.316. The van der Waals surface area contributed by atoms with E-state index in [1.54, 1.807) is 31.2 Å². The molecule has 1 atom stereocenters. The molecule has 144 valence electrons. The van der Waals surface area contributed by atoms with E-state index in [2.05, 4.69) is 22.5 Å². The number of benzene rings is 1. The molecule has 1 heterocycles. The van der Waals surface area contributed by atoms with Gasteiger partial charge in [0.05, 0.1) is 11.0 Å². The van der Waals surface area contributed by atoms with E-state index in [9.17, 15) is 14.4 Å². The number of ether oxygens (including phenoxy) is 2. The normalized spacial score (nSPS) is 16.6. The quantitative estimate of drug-likeness (QED) is 0.330. The van der Waals surface area contributed by atoms with Gasteiger partial charge >= 0.3 is 5.97 Å². The van der Waals surface area contributed by atoms with Gasteiger partial charge in [-0.2, -0.15) is 0 Å². The van der Waals surface area contributed by atoms with Crippen LogP contribution in [0.3, 0.4) is 0 Å². The Balaban J connectivity index is 2.19. The molecule has 0 aromatic heterocycles. The second-order valence-corrected chi connectivity index (χ2v) is 7.67. The summed E-state index contributed by atoms with van der Waals surface area (Å²) < 4.78 is 11.5. The summed E-state index contributed by atoms with van der Waals surface area (Å²) in [5.74, 6) is -0.577. The van der Waals surface area contributed by atoms with Gasteiger partial charge in [-0.15, -0.1) is 0 Å². The first-order chi connectivity index (χ1) is 12.8. The molecule has 0 radical (unpaired) electrons. The number of rotatable bonds is 8. The number of amides is 2. The van der Waals surface area contributed by atoms with Crippen LogP contribution in [0.15, 0.2) is 40.2 Å². The molecule has 0 bridgehead atoms. The molecular formula is C19H20BrNO5S. The number of carbonyl (C=O) groups is 3. The molecular weight excluding hydrogens is 434 g/mol. The minimum atomic E-state index is -0.606. The second kappa shape index (κ2) is 9.75. The zero-order valence-corrected chi connectivity index (χ0v) is 17.5. The predicted octanol–water partition coefficient (Wildman–Crippen LogP) is 4.39. The first kappa shape index (κ1) is 21.2. The number of thioether (sulfide) groups is 1. The number of imide groups is 1. The molecule has 0 saturated carbocycles. The van der Waals surface area contributed by atoms with Gasteiger partial charge < -0.3 is 9.47 Å². The van der Waals surface area contributed by atoms with Crippen LogP contribution in [0, 0.1) is 0 Å². The molecule has 2 amide bonds. The number of carbonyl (C=O) groups excluding carboxylic acids is 3. The van der Waals surface area contributed by atoms with Gasteiger partial charge in [0, 0.05) is 10.0 Å². The molecule has 27 heavy (non-hydrogen) atoms. The fourth-order valence-electron chi connectivity index (χ4n) is 2.16. The molecule has 0 aliphatic carbocycles. The first-order valence-electron chi connectivity index (χ1n) is 8.33. The first-order valence-corrected chi connectivity index (χ1v) is 9.94. The van der Waals surface area contributed by atoms with Crippen molar-refractivity contribution in [2.24, 2.45) is 0 Å². The van der Waals surface area contributed by atoms with Crippen molar-refractivity contribution in [2.75, 3.05) is 13.2 Å². The summed E-state index contributed by atoms with van der Waals surface area (Å²) in [7, 11) is 0. The minimum Gasteiger partial charge on any atom is -0.489 e. The third-order valence-corrected chi connectivity index (χ3v) is 5.08. The van der Waals surface area contributed by atoms with Crippen LogP contribution in [-0.2, 0) is 14.3 Å². The van der Waals surface area contributed by atoms with Crippen LogP contribution < -0.4 is 4.74 Å². The monoisotopic (exact) mass is 453 g/mol. The Hall–Kier alpha value is -2.06. The lowest BCUT2D eigenvalue weighted by atomic mass is 10.2. The van der Waals surface area contributed by atoms with Crippen LogP contribution in [0.5, 0.6) is 5.75 Å². The minimum absolute atomic E-state index is 0.220. The molecule has 1 saturated heterocycles. The van der Waals surface area contributed by atoms with Crippen molar-refractivity contribution < 1.29 is 23.9 Å². The van der Waals surface area contributed by atoms with Gasteiger partial charge in [0.1, 0.15) is 18.9 Å². The van der Waals surface area contributed by atoms with Crippen molar-refractivity contribution in [1.82, 2.24) is 4.90 Å². The topological polar surface area (TPSA) is 72.9 Å². The fourth-order valence-corrected chi connectivity index (χ4v) is 3.37. The third-order valence-electron chi connectivity index (χ3n) is 3.68. The highest BCUT2D eigenvalue weighted by atomic mass is 79.9. The van der Waals surface area contributed by atoms with Gasteiger partial charge in [-0.25, -0.2) is 0 Å². The Labute approximate surface area is 170 Å². The molecule has 1 aromatic carbocycles. The van der Waals surface area contributed by atoms with Gasteiger partial charge in [-0.1, -0.05) is 35.5 Å². The van der Waals surface area contributed by atoms with E-state index >= 15 is 0 Å². The van der Waals surface area contributed by atoms with E-state index in [-0.39, 0.29) is 11.0 Å².